The maximum atomic E-state index is 4.63. The first-order chi connectivity index (χ1) is 21.2. The fourth-order valence-electron chi connectivity index (χ4n) is 6.43. The van der Waals surface area contributed by atoms with Crippen molar-refractivity contribution in [1.82, 2.24) is 5.32 Å². The van der Waals surface area contributed by atoms with Gasteiger partial charge in [-0.25, -0.2) is 0 Å². The van der Waals surface area contributed by atoms with Crippen molar-refractivity contribution in [3.63, 3.8) is 0 Å². The number of nitrogens with zero attached hydrogens (tertiary/aromatic N) is 1. The molecule has 1 heterocycles. The van der Waals surface area contributed by atoms with Crippen LogP contribution in [0, 0.1) is 18.8 Å². The van der Waals surface area contributed by atoms with E-state index in [1.54, 1.807) is 0 Å². The van der Waals surface area contributed by atoms with Gasteiger partial charge in [-0.2, -0.15) is 0 Å². The molecule has 0 amide bonds. The number of allylic oxidation sites excluding steroid dienone is 3. The van der Waals surface area contributed by atoms with Gasteiger partial charge in [-0.3, -0.25) is 0 Å². The minimum atomic E-state index is 0.307. The molecule has 0 radical (unpaired) electrons. The molecular formula is C42H54N2. The molecule has 1 fully saturated rings. The van der Waals surface area contributed by atoms with Gasteiger partial charge in [0.05, 0.1) is 6.04 Å². The van der Waals surface area contributed by atoms with Crippen molar-refractivity contribution < 1.29 is 0 Å². The number of aryl methyl sites for hydroxylation is 3. The van der Waals surface area contributed by atoms with Crippen LogP contribution in [-0.4, -0.2) is 7.05 Å². The van der Waals surface area contributed by atoms with Gasteiger partial charge in [0.2, 0.25) is 0 Å². The Morgan fingerprint density at radius 3 is 2.16 bits per heavy atom. The van der Waals surface area contributed by atoms with Crippen LogP contribution in [0.5, 0.6) is 0 Å². The number of rotatable bonds is 16. The zero-order valence-electron chi connectivity index (χ0n) is 27.9. The lowest BCUT2D eigenvalue weighted by Gasteiger charge is -2.52. The molecule has 0 aromatic heterocycles. The molecule has 4 unspecified atom stereocenters. The molecule has 0 spiro atoms. The third-order valence-electron chi connectivity index (χ3n) is 9.73. The van der Waals surface area contributed by atoms with Crippen molar-refractivity contribution in [2.24, 2.45) is 11.8 Å². The van der Waals surface area contributed by atoms with Crippen molar-refractivity contribution in [1.29, 1.82) is 0 Å². The van der Waals surface area contributed by atoms with E-state index in [0.29, 0.717) is 23.8 Å². The molecule has 1 saturated heterocycles. The molecule has 1 aliphatic heterocycles. The SMILES string of the molecule is C=C/C(=C\NC)CCc1ccc(N2C(=C)C(CCC(C)c3ccc(C)cc3)C2c2ccc(CCCC(C)C(=C)C)cc2)cc1. The summed E-state index contributed by atoms with van der Waals surface area (Å²) in [7, 11) is 1.93. The van der Waals surface area contributed by atoms with E-state index in [-0.39, 0.29) is 0 Å². The Morgan fingerprint density at radius 1 is 0.909 bits per heavy atom. The largest absolute Gasteiger partial charge is 0.394 e. The van der Waals surface area contributed by atoms with Crippen LogP contribution in [0.4, 0.5) is 5.69 Å². The first-order valence-corrected chi connectivity index (χ1v) is 16.6. The predicted molar refractivity (Wildman–Crippen MR) is 192 cm³/mol. The predicted octanol–water partition coefficient (Wildman–Crippen LogP) is 11.0. The average molecular weight is 587 g/mol. The fraction of sp³-hybridized carbons (Fsp3) is 0.381. The summed E-state index contributed by atoms with van der Waals surface area (Å²) >= 11 is 0. The van der Waals surface area contributed by atoms with Gasteiger partial charge in [-0.1, -0.05) is 111 Å². The van der Waals surface area contributed by atoms with E-state index >= 15 is 0 Å². The molecule has 1 N–H and O–H groups in total. The lowest BCUT2D eigenvalue weighted by Crippen LogP contribution is -2.47. The minimum Gasteiger partial charge on any atom is -0.394 e. The molecule has 4 atom stereocenters. The molecule has 3 aromatic carbocycles. The molecule has 44 heavy (non-hydrogen) atoms. The van der Waals surface area contributed by atoms with Crippen LogP contribution >= 0.6 is 0 Å². The first-order valence-electron chi connectivity index (χ1n) is 16.6. The Bertz CT molecular complexity index is 1410. The van der Waals surface area contributed by atoms with Crippen molar-refractivity contribution in [3.8, 4) is 0 Å². The lowest BCUT2D eigenvalue weighted by molar-refractivity contribution is 0.334. The smallest absolute Gasteiger partial charge is 0.0670 e. The molecule has 0 aliphatic carbocycles. The second-order valence-corrected chi connectivity index (χ2v) is 13.1. The maximum Gasteiger partial charge on any atom is 0.0670 e. The zero-order chi connectivity index (χ0) is 31.6. The van der Waals surface area contributed by atoms with Crippen molar-refractivity contribution in [2.45, 2.75) is 84.6 Å². The number of anilines is 1. The van der Waals surface area contributed by atoms with Crippen molar-refractivity contribution in [3.05, 3.63) is 149 Å². The van der Waals surface area contributed by atoms with Crippen LogP contribution < -0.4 is 10.2 Å². The normalized spacial score (nSPS) is 18.0. The van der Waals surface area contributed by atoms with Gasteiger partial charge < -0.3 is 10.2 Å². The molecule has 232 valence electrons. The molecule has 3 aromatic rings. The zero-order valence-corrected chi connectivity index (χ0v) is 27.9. The van der Waals surface area contributed by atoms with Gasteiger partial charge in [0, 0.05) is 24.4 Å². The van der Waals surface area contributed by atoms with Crippen LogP contribution in [0.2, 0.25) is 0 Å². The Hall–Kier alpha value is -3.78. The fourth-order valence-corrected chi connectivity index (χ4v) is 6.43. The molecule has 4 rings (SSSR count). The van der Waals surface area contributed by atoms with Crippen LogP contribution in [0.3, 0.4) is 0 Å². The third kappa shape index (κ3) is 8.44. The lowest BCUT2D eigenvalue weighted by atomic mass is 9.75. The number of hydrogen-bond acceptors (Lipinski definition) is 2. The van der Waals surface area contributed by atoms with Gasteiger partial charge >= 0.3 is 0 Å². The standard InChI is InChI=1S/C42H54N2/c1-9-35(29-43-8)16-17-37-20-26-40(27-21-37)44-34(7)41(28-15-33(6)38-22-13-31(4)14-23-38)42(44)39-24-18-36(19-25-39)12-10-11-32(5)30(2)3/h9,13-14,18-27,29,32-33,41-43H,1-2,7,10-12,15-17,28H2,3-6,8H3/b35-29+. The number of nitrogens with one attached hydrogen (secondary N) is 1. The maximum absolute atomic E-state index is 4.63. The second-order valence-electron chi connectivity index (χ2n) is 13.1. The molecule has 2 nitrogen and oxygen atoms in total. The van der Waals surface area contributed by atoms with E-state index in [1.165, 1.54) is 63.2 Å². The minimum absolute atomic E-state index is 0.307. The highest BCUT2D eigenvalue weighted by Gasteiger charge is 2.43. The van der Waals surface area contributed by atoms with Crippen LogP contribution in [0.15, 0.2) is 122 Å². The van der Waals surface area contributed by atoms with E-state index < -0.39 is 0 Å². The summed E-state index contributed by atoms with van der Waals surface area (Å²) in [5.41, 5.74) is 11.9. The van der Waals surface area contributed by atoms with E-state index in [0.717, 1.165) is 32.1 Å². The second kappa shape index (κ2) is 15.8. The van der Waals surface area contributed by atoms with Crippen LogP contribution in [0.1, 0.15) is 92.7 Å². The Balaban J connectivity index is 1.49. The molecule has 0 bridgehead atoms. The van der Waals surface area contributed by atoms with E-state index in [9.17, 15) is 0 Å². The number of hydrogen-bond donors (Lipinski definition) is 1. The Morgan fingerprint density at radius 2 is 1.55 bits per heavy atom. The summed E-state index contributed by atoms with van der Waals surface area (Å²) in [5, 5.41) is 3.12. The molecule has 2 heteroatoms. The highest BCUT2D eigenvalue weighted by atomic mass is 15.2. The van der Waals surface area contributed by atoms with Gasteiger partial charge in [0.25, 0.3) is 0 Å². The van der Waals surface area contributed by atoms with E-state index in [1.807, 2.05) is 19.3 Å². The topological polar surface area (TPSA) is 15.3 Å². The van der Waals surface area contributed by atoms with Gasteiger partial charge in [0.15, 0.2) is 0 Å². The first kappa shape index (κ1) is 33.1. The third-order valence-corrected chi connectivity index (χ3v) is 9.73. The molecule has 1 aliphatic rings. The van der Waals surface area contributed by atoms with Crippen LogP contribution in [0.25, 0.3) is 0 Å². The monoisotopic (exact) mass is 586 g/mol. The van der Waals surface area contributed by atoms with Gasteiger partial charge in [0.1, 0.15) is 0 Å². The van der Waals surface area contributed by atoms with Crippen molar-refractivity contribution in [2.75, 3.05) is 11.9 Å². The van der Waals surface area contributed by atoms with Gasteiger partial charge in [-0.15, -0.1) is 0 Å². The molecule has 0 saturated carbocycles. The summed E-state index contributed by atoms with van der Waals surface area (Å²) in [6, 6.07) is 27.9. The Labute approximate surface area is 268 Å². The summed E-state index contributed by atoms with van der Waals surface area (Å²) in [6.07, 6.45) is 11.7. The summed E-state index contributed by atoms with van der Waals surface area (Å²) < 4.78 is 0. The van der Waals surface area contributed by atoms with E-state index in [4.69, 9.17) is 0 Å². The average Bonchev–Trinajstić information content (AvgIpc) is 3.03. The van der Waals surface area contributed by atoms with E-state index in [2.05, 4.69) is 130 Å². The van der Waals surface area contributed by atoms with Crippen LogP contribution in [-0.2, 0) is 12.8 Å². The Kier molecular flexibility index (Phi) is 11.9. The summed E-state index contributed by atoms with van der Waals surface area (Å²) in [6.45, 7) is 21.7. The highest BCUT2D eigenvalue weighted by molar-refractivity contribution is 5.61. The van der Waals surface area contributed by atoms with Crippen molar-refractivity contribution >= 4 is 5.69 Å². The molecular weight excluding hydrogens is 532 g/mol. The summed E-state index contributed by atoms with van der Waals surface area (Å²) in [4.78, 5) is 2.48. The quantitative estimate of drug-likeness (QED) is 0.133. The van der Waals surface area contributed by atoms with Gasteiger partial charge in [-0.05, 0) is 117 Å². The number of benzene rings is 3. The highest BCUT2D eigenvalue weighted by Crippen LogP contribution is 2.51. The summed E-state index contributed by atoms with van der Waals surface area (Å²) in [5.74, 6) is 1.55.